The van der Waals surface area contributed by atoms with Gasteiger partial charge in [-0.15, -0.1) is 0 Å². The van der Waals surface area contributed by atoms with Gasteiger partial charge in [0.15, 0.2) is 0 Å². The summed E-state index contributed by atoms with van der Waals surface area (Å²) < 4.78 is 7.51. The van der Waals surface area contributed by atoms with Gasteiger partial charge >= 0.3 is 0 Å². The monoisotopic (exact) mass is 191 g/mol. The third-order valence-electron chi connectivity index (χ3n) is 1.58. The fourth-order valence-corrected chi connectivity index (χ4v) is 0.951. The van der Waals surface area contributed by atoms with Crippen molar-refractivity contribution in [2.45, 2.75) is 0 Å². The number of amides is 1. The fraction of sp³-hybridized carbons (Fsp3) is 0.182. The summed E-state index contributed by atoms with van der Waals surface area (Å²) in [5, 5.41) is 2.66. The Balaban J connectivity index is 2.41. The normalized spacial score (nSPS) is 13.9. The zero-order chi connectivity index (χ0) is 11.1. The van der Waals surface area contributed by atoms with Crippen LogP contribution in [0.25, 0.3) is 6.08 Å². The number of rotatable bonds is 5. The first-order valence-corrected chi connectivity index (χ1v) is 4.35. The molecule has 0 unspecified atom stereocenters. The van der Waals surface area contributed by atoms with E-state index in [1.54, 1.807) is 6.08 Å². The fourth-order valence-electron chi connectivity index (χ4n) is 0.951. The van der Waals surface area contributed by atoms with Gasteiger partial charge < -0.3 is 11.1 Å². The molecule has 0 aliphatic rings. The Morgan fingerprint density at radius 3 is 2.86 bits per heavy atom. The zero-order valence-electron chi connectivity index (χ0n) is 8.81. The first-order valence-electron chi connectivity index (χ1n) is 4.93. The lowest BCUT2D eigenvalue weighted by molar-refractivity contribution is -0.117. The first kappa shape index (κ1) is 8.97. The summed E-state index contributed by atoms with van der Waals surface area (Å²) in [6.07, 6.45) is 3.49. The molecule has 0 spiro atoms. The van der Waals surface area contributed by atoms with E-state index in [4.69, 9.17) is 7.10 Å². The maximum absolute atomic E-state index is 10.4. The first-order chi connectivity index (χ1) is 7.18. The van der Waals surface area contributed by atoms with Gasteiger partial charge in [0.05, 0.1) is 6.54 Å². The van der Waals surface area contributed by atoms with Crippen molar-refractivity contribution in [1.82, 2.24) is 5.32 Å². The van der Waals surface area contributed by atoms with Gasteiger partial charge in [0, 0.05) is 7.89 Å². The molecule has 0 aliphatic carbocycles. The highest BCUT2D eigenvalue weighted by molar-refractivity contribution is 5.75. The lowest BCUT2D eigenvalue weighted by atomic mass is 10.2. The van der Waals surface area contributed by atoms with Crippen LogP contribution in [0.3, 0.4) is 0 Å². The highest BCUT2D eigenvalue weighted by atomic mass is 16.1. The largest absolute Gasteiger partial charge is 0.369 e. The van der Waals surface area contributed by atoms with Gasteiger partial charge in [0.1, 0.15) is 0 Å². The predicted octanol–water partition coefficient (Wildman–Crippen LogP) is 0.775. The number of hydrogen-bond donors (Lipinski definition) is 2. The van der Waals surface area contributed by atoms with Crippen molar-refractivity contribution in [2.24, 2.45) is 5.73 Å². The molecule has 0 heterocycles. The van der Waals surface area contributed by atoms with Gasteiger partial charge in [-0.25, -0.2) is 0 Å². The van der Waals surface area contributed by atoms with Crippen molar-refractivity contribution in [3.05, 3.63) is 42.0 Å². The SMILES string of the molecule is [2H][C@H](/C=C\c1ccccc1)NCC(N)=O. The van der Waals surface area contributed by atoms with E-state index in [1.807, 2.05) is 36.4 Å². The summed E-state index contributed by atoms with van der Waals surface area (Å²) in [6.45, 7) is -0.592. The zero-order valence-corrected chi connectivity index (χ0v) is 7.81. The van der Waals surface area contributed by atoms with E-state index in [0.29, 0.717) is 0 Å². The highest BCUT2D eigenvalue weighted by Gasteiger charge is 1.88. The van der Waals surface area contributed by atoms with Gasteiger partial charge in [-0.1, -0.05) is 42.5 Å². The lowest BCUT2D eigenvalue weighted by Crippen LogP contribution is -2.28. The van der Waals surface area contributed by atoms with Crippen molar-refractivity contribution in [3.8, 4) is 0 Å². The van der Waals surface area contributed by atoms with E-state index in [0.717, 1.165) is 5.56 Å². The van der Waals surface area contributed by atoms with E-state index in [1.165, 1.54) is 0 Å². The van der Waals surface area contributed by atoms with Crippen molar-refractivity contribution >= 4 is 12.0 Å². The van der Waals surface area contributed by atoms with Crippen LogP contribution in [0, 0.1) is 0 Å². The number of nitrogens with one attached hydrogen (secondary N) is 1. The minimum atomic E-state index is -0.613. The standard InChI is InChI=1S/C11H14N2O/c12-11(14)9-13-8-4-7-10-5-2-1-3-6-10/h1-7,13H,8-9H2,(H2,12,14)/b7-4-/i8D/t8-/m1/s1. The van der Waals surface area contributed by atoms with Crippen LogP contribution in [0.4, 0.5) is 0 Å². The van der Waals surface area contributed by atoms with Gasteiger partial charge in [-0.2, -0.15) is 0 Å². The number of nitrogens with two attached hydrogens (primary N) is 1. The van der Waals surface area contributed by atoms with E-state index in [2.05, 4.69) is 5.32 Å². The minimum absolute atomic E-state index is 0.0211. The molecule has 3 nitrogen and oxygen atoms in total. The highest BCUT2D eigenvalue weighted by Crippen LogP contribution is 1.99. The van der Waals surface area contributed by atoms with Crippen LogP contribution in [0.1, 0.15) is 6.93 Å². The van der Waals surface area contributed by atoms with E-state index in [-0.39, 0.29) is 6.54 Å². The number of hydrogen-bond acceptors (Lipinski definition) is 2. The molecule has 3 N–H and O–H groups in total. The summed E-state index contributed by atoms with van der Waals surface area (Å²) in [7, 11) is 0. The van der Waals surface area contributed by atoms with Crippen LogP contribution in [0.2, 0.25) is 0 Å². The van der Waals surface area contributed by atoms with Gasteiger partial charge in [-0.3, -0.25) is 4.79 Å². The molecule has 1 amide bonds. The molecule has 1 atom stereocenters. The van der Waals surface area contributed by atoms with E-state index in [9.17, 15) is 4.79 Å². The van der Waals surface area contributed by atoms with Crippen LogP contribution in [-0.2, 0) is 4.79 Å². The Hall–Kier alpha value is -1.61. The molecule has 74 valence electrons. The summed E-state index contributed by atoms with van der Waals surface area (Å²) in [5.41, 5.74) is 5.96. The molecule has 0 saturated heterocycles. The van der Waals surface area contributed by atoms with Crippen molar-refractivity contribution < 1.29 is 6.17 Å². The number of carbonyl (C=O) groups excluding carboxylic acids is 1. The Morgan fingerprint density at radius 2 is 2.21 bits per heavy atom. The van der Waals surface area contributed by atoms with Crippen LogP contribution in [-0.4, -0.2) is 19.0 Å². The molecule has 0 radical (unpaired) electrons. The van der Waals surface area contributed by atoms with E-state index >= 15 is 0 Å². The third kappa shape index (κ3) is 4.42. The third-order valence-corrected chi connectivity index (χ3v) is 1.58. The van der Waals surface area contributed by atoms with Gasteiger partial charge in [0.2, 0.25) is 5.91 Å². The molecular formula is C11H14N2O. The van der Waals surface area contributed by atoms with Crippen molar-refractivity contribution in [3.63, 3.8) is 0 Å². The average Bonchev–Trinajstić information content (AvgIpc) is 2.25. The number of primary amides is 1. The second-order valence-electron chi connectivity index (χ2n) is 2.78. The predicted molar refractivity (Wildman–Crippen MR) is 57.5 cm³/mol. The van der Waals surface area contributed by atoms with Crippen molar-refractivity contribution in [2.75, 3.05) is 13.1 Å². The van der Waals surface area contributed by atoms with Crippen molar-refractivity contribution in [1.29, 1.82) is 0 Å². The molecule has 0 bridgehead atoms. The second kappa shape index (κ2) is 5.94. The Bertz CT molecular complexity index is 338. The molecule has 1 aromatic rings. The Kier molecular flexibility index (Phi) is 3.80. The Labute approximate surface area is 85.0 Å². The van der Waals surface area contributed by atoms with Crippen LogP contribution in [0.5, 0.6) is 0 Å². The van der Waals surface area contributed by atoms with Gasteiger partial charge in [0.25, 0.3) is 0 Å². The molecular weight excluding hydrogens is 176 g/mol. The topological polar surface area (TPSA) is 55.1 Å². The molecule has 1 aromatic carbocycles. The molecule has 0 fully saturated rings. The molecule has 0 aromatic heterocycles. The molecule has 3 heteroatoms. The molecule has 0 saturated carbocycles. The maximum atomic E-state index is 10.4. The summed E-state index contributed by atoms with van der Waals surface area (Å²) >= 11 is 0. The smallest absolute Gasteiger partial charge is 0.231 e. The molecule has 14 heavy (non-hydrogen) atoms. The van der Waals surface area contributed by atoms with Crippen LogP contribution >= 0.6 is 0 Å². The van der Waals surface area contributed by atoms with Crippen LogP contribution in [0.15, 0.2) is 36.4 Å². The van der Waals surface area contributed by atoms with Gasteiger partial charge in [-0.05, 0) is 5.56 Å². The van der Waals surface area contributed by atoms with Crippen LogP contribution < -0.4 is 11.1 Å². The summed E-state index contributed by atoms with van der Waals surface area (Å²) in [5.74, 6) is -0.458. The second-order valence-corrected chi connectivity index (χ2v) is 2.78. The minimum Gasteiger partial charge on any atom is -0.369 e. The number of carbonyl (C=O) groups is 1. The quantitative estimate of drug-likeness (QED) is 0.722. The summed E-state index contributed by atoms with van der Waals surface area (Å²) in [4.78, 5) is 10.4. The Morgan fingerprint density at radius 1 is 1.50 bits per heavy atom. The maximum Gasteiger partial charge on any atom is 0.231 e. The van der Waals surface area contributed by atoms with E-state index < -0.39 is 12.4 Å². The summed E-state index contributed by atoms with van der Waals surface area (Å²) in [6, 6.07) is 9.67. The number of benzene rings is 1. The lowest BCUT2D eigenvalue weighted by Gasteiger charge is -1.95. The molecule has 1 rings (SSSR count). The molecule has 0 aliphatic heterocycles. The average molecular weight is 191 g/mol.